The van der Waals surface area contributed by atoms with Crippen molar-refractivity contribution in [1.29, 1.82) is 0 Å². The van der Waals surface area contributed by atoms with Gasteiger partial charge in [-0.25, -0.2) is 0 Å². The van der Waals surface area contributed by atoms with E-state index < -0.39 is 0 Å². The molecule has 0 aliphatic heterocycles. The van der Waals surface area contributed by atoms with Crippen LogP contribution in [0.5, 0.6) is 0 Å². The SMILES string of the molecule is CCCN(CCO)Cc1ccn(C2CCCCC2)n1. The summed E-state index contributed by atoms with van der Waals surface area (Å²) in [4.78, 5) is 2.27. The zero-order valence-electron chi connectivity index (χ0n) is 12.1. The Kier molecular flexibility index (Phi) is 5.86. The average Bonchev–Trinajstić information content (AvgIpc) is 2.89. The molecule has 0 bridgehead atoms. The molecule has 0 atom stereocenters. The standard InChI is InChI=1S/C15H27N3O/c1-2-9-17(11-12-19)13-14-8-10-18(16-14)15-6-4-3-5-7-15/h8,10,15,19H,2-7,9,11-13H2,1H3. The second-order valence-corrected chi connectivity index (χ2v) is 5.58. The van der Waals surface area contributed by atoms with Crippen LogP contribution in [0.25, 0.3) is 0 Å². The lowest BCUT2D eigenvalue weighted by molar-refractivity contribution is 0.188. The molecular formula is C15H27N3O. The Balaban J connectivity index is 1.91. The molecule has 0 unspecified atom stereocenters. The molecule has 4 nitrogen and oxygen atoms in total. The first kappa shape index (κ1) is 14.5. The van der Waals surface area contributed by atoms with E-state index in [4.69, 9.17) is 10.2 Å². The normalized spacial score (nSPS) is 17.2. The number of nitrogens with zero attached hydrogens (tertiary/aromatic N) is 3. The maximum absolute atomic E-state index is 9.08. The summed E-state index contributed by atoms with van der Waals surface area (Å²) < 4.78 is 2.16. The highest BCUT2D eigenvalue weighted by Gasteiger charge is 2.16. The monoisotopic (exact) mass is 265 g/mol. The Labute approximate surface area is 116 Å². The van der Waals surface area contributed by atoms with E-state index in [1.807, 2.05) is 0 Å². The van der Waals surface area contributed by atoms with E-state index in [0.717, 1.165) is 31.7 Å². The number of rotatable bonds is 7. The number of hydrogen-bond acceptors (Lipinski definition) is 3. The minimum Gasteiger partial charge on any atom is -0.395 e. The summed E-state index contributed by atoms with van der Waals surface area (Å²) in [5.74, 6) is 0. The van der Waals surface area contributed by atoms with E-state index in [0.29, 0.717) is 6.04 Å². The van der Waals surface area contributed by atoms with Gasteiger partial charge in [-0.1, -0.05) is 26.2 Å². The van der Waals surface area contributed by atoms with E-state index in [2.05, 4.69) is 28.8 Å². The smallest absolute Gasteiger partial charge is 0.0764 e. The molecule has 0 aromatic carbocycles. The fourth-order valence-electron chi connectivity index (χ4n) is 2.97. The summed E-state index contributed by atoms with van der Waals surface area (Å²) >= 11 is 0. The zero-order valence-corrected chi connectivity index (χ0v) is 12.1. The van der Waals surface area contributed by atoms with Gasteiger partial charge in [0, 0.05) is 19.3 Å². The lowest BCUT2D eigenvalue weighted by atomic mass is 9.96. The fraction of sp³-hybridized carbons (Fsp3) is 0.800. The third kappa shape index (κ3) is 4.32. The van der Waals surface area contributed by atoms with Crippen molar-refractivity contribution in [3.63, 3.8) is 0 Å². The molecule has 1 aromatic heterocycles. The highest BCUT2D eigenvalue weighted by molar-refractivity contribution is 5.00. The Bertz CT molecular complexity index is 352. The molecule has 4 heteroatoms. The highest BCUT2D eigenvalue weighted by Crippen LogP contribution is 2.27. The van der Waals surface area contributed by atoms with Crippen molar-refractivity contribution in [2.24, 2.45) is 0 Å². The zero-order chi connectivity index (χ0) is 13.5. The molecule has 0 radical (unpaired) electrons. The van der Waals surface area contributed by atoms with Gasteiger partial charge in [-0.05, 0) is 31.9 Å². The summed E-state index contributed by atoms with van der Waals surface area (Å²) in [6.45, 7) is 5.02. The predicted molar refractivity (Wildman–Crippen MR) is 77.0 cm³/mol. The molecular weight excluding hydrogens is 238 g/mol. The first-order valence-corrected chi connectivity index (χ1v) is 7.70. The van der Waals surface area contributed by atoms with Crippen LogP contribution in [0.3, 0.4) is 0 Å². The fourth-order valence-corrected chi connectivity index (χ4v) is 2.97. The number of aliphatic hydroxyl groups is 1. The Hall–Kier alpha value is -0.870. The van der Waals surface area contributed by atoms with Crippen molar-refractivity contribution in [2.45, 2.75) is 58.0 Å². The van der Waals surface area contributed by atoms with E-state index in [9.17, 15) is 0 Å². The summed E-state index contributed by atoms with van der Waals surface area (Å²) in [6.07, 6.45) is 9.86. The van der Waals surface area contributed by atoms with Crippen LogP contribution in [-0.2, 0) is 6.54 Å². The van der Waals surface area contributed by atoms with Crippen LogP contribution in [0, 0.1) is 0 Å². The molecule has 2 rings (SSSR count). The van der Waals surface area contributed by atoms with Crippen LogP contribution in [-0.4, -0.2) is 39.5 Å². The first-order valence-electron chi connectivity index (χ1n) is 7.70. The molecule has 0 amide bonds. The van der Waals surface area contributed by atoms with Crippen molar-refractivity contribution in [1.82, 2.24) is 14.7 Å². The van der Waals surface area contributed by atoms with Crippen molar-refractivity contribution in [3.05, 3.63) is 18.0 Å². The molecule has 1 N–H and O–H groups in total. The summed E-state index contributed by atoms with van der Waals surface area (Å²) in [7, 11) is 0. The number of aliphatic hydroxyl groups excluding tert-OH is 1. The molecule has 108 valence electrons. The average molecular weight is 265 g/mol. The van der Waals surface area contributed by atoms with E-state index in [1.165, 1.54) is 32.1 Å². The van der Waals surface area contributed by atoms with Crippen molar-refractivity contribution < 1.29 is 5.11 Å². The molecule has 1 aliphatic carbocycles. The summed E-state index contributed by atoms with van der Waals surface area (Å²) in [5, 5.41) is 13.8. The van der Waals surface area contributed by atoms with Crippen LogP contribution >= 0.6 is 0 Å². The van der Waals surface area contributed by atoms with Crippen molar-refractivity contribution in [3.8, 4) is 0 Å². The van der Waals surface area contributed by atoms with Gasteiger partial charge in [-0.3, -0.25) is 9.58 Å². The van der Waals surface area contributed by atoms with Crippen LogP contribution in [0.1, 0.15) is 57.2 Å². The van der Waals surface area contributed by atoms with Crippen LogP contribution in [0.15, 0.2) is 12.3 Å². The molecule has 1 saturated carbocycles. The van der Waals surface area contributed by atoms with Gasteiger partial charge in [0.25, 0.3) is 0 Å². The molecule has 19 heavy (non-hydrogen) atoms. The molecule has 0 saturated heterocycles. The van der Waals surface area contributed by atoms with Crippen LogP contribution in [0.4, 0.5) is 0 Å². The quantitative estimate of drug-likeness (QED) is 0.824. The topological polar surface area (TPSA) is 41.3 Å². The lowest BCUT2D eigenvalue weighted by Crippen LogP contribution is -2.27. The molecule has 1 heterocycles. The number of aromatic nitrogens is 2. The molecule has 1 aliphatic rings. The van der Waals surface area contributed by atoms with Gasteiger partial charge in [-0.15, -0.1) is 0 Å². The third-order valence-corrected chi connectivity index (χ3v) is 3.95. The highest BCUT2D eigenvalue weighted by atomic mass is 16.3. The lowest BCUT2D eigenvalue weighted by Gasteiger charge is -2.22. The van der Waals surface area contributed by atoms with Crippen LogP contribution in [0.2, 0.25) is 0 Å². The molecule has 1 fully saturated rings. The van der Waals surface area contributed by atoms with Gasteiger partial charge in [0.1, 0.15) is 0 Å². The van der Waals surface area contributed by atoms with Crippen LogP contribution < -0.4 is 0 Å². The maximum Gasteiger partial charge on any atom is 0.0764 e. The van der Waals surface area contributed by atoms with Gasteiger partial charge in [-0.2, -0.15) is 5.10 Å². The van der Waals surface area contributed by atoms with E-state index in [-0.39, 0.29) is 6.61 Å². The Morgan fingerprint density at radius 2 is 2.11 bits per heavy atom. The van der Waals surface area contributed by atoms with Crippen molar-refractivity contribution >= 4 is 0 Å². The van der Waals surface area contributed by atoms with E-state index >= 15 is 0 Å². The second kappa shape index (κ2) is 7.65. The van der Waals surface area contributed by atoms with Gasteiger partial charge in [0.05, 0.1) is 18.3 Å². The maximum atomic E-state index is 9.08. The van der Waals surface area contributed by atoms with Gasteiger partial charge >= 0.3 is 0 Å². The van der Waals surface area contributed by atoms with Crippen molar-refractivity contribution in [2.75, 3.05) is 19.7 Å². The predicted octanol–water partition coefficient (Wildman–Crippen LogP) is 2.59. The number of hydrogen-bond donors (Lipinski definition) is 1. The van der Waals surface area contributed by atoms with Gasteiger partial charge < -0.3 is 5.11 Å². The third-order valence-electron chi connectivity index (χ3n) is 3.95. The second-order valence-electron chi connectivity index (χ2n) is 5.58. The Morgan fingerprint density at radius 3 is 2.79 bits per heavy atom. The largest absolute Gasteiger partial charge is 0.395 e. The molecule has 0 spiro atoms. The van der Waals surface area contributed by atoms with Gasteiger partial charge in [0.15, 0.2) is 0 Å². The minimum absolute atomic E-state index is 0.226. The first-order chi connectivity index (χ1) is 9.33. The van der Waals surface area contributed by atoms with Gasteiger partial charge in [0.2, 0.25) is 0 Å². The van der Waals surface area contributed by atoms with E-state index in [1.54, 1.807) is 0 Å². The Morgan fingerprint density at radius 1 is 1.32 bits per heavy atom. The molecule has 1 aromatic rings. The summed E-state index contributed by atoms with van der Waals surface area (Å²) in [6, 6.07) is 2.74. The minimum atomic E-state index is 0.226. The summed E-state index contributed by atoms with van der Waals surface area (Å²) in [5.41, 5.74) is 1.13.